The molecule has 0 saturated heterocycles. The maximum absolute atomic E-state index is 12.3. The largest absolute Gasteiger partial charge is 0.420 e. The predicted molar refractivity (Wildman–Crippen MR) is 84.4 cm³/mol. The minimum Gasteiger partial charge on any atom is -0.408 e. The van der Waals surface area contributed by atoms with Gasteiger partial charge in [-0.05, 0) is 23.6 Å². The highest BCUT2D eigenvalue weighted by Crippen LogP contribution is 2.14. The summed E-state index contributed by atoms with van der Waals surface area (Å²) in [5.74, 6) is -0.417. The van der Waals surface area contributed by atoms with E-state index in [1.54, 1.807) is 6.07 Å². The molecule has 6 nitrogen and oxygen atoms in total. The molecule has 110 valence electrons. The molecule has 0 aliphatic carbocycles. The lowest BCUT2D eigenvalue weighted by atomic mass is 10.3. The molecular formula is C15H11N3O3S. The van der Waals surface area contributed by atoms with Crippen molar-refractivity contribution in [3.8, 4) is 0 Å². The lowest BCUT2D eigenvalue weighted by Gasteiger charge is -2.05. The molecule has 3 aromatic heterocycles. The van der Waals surface area contributed by atoms with Crippen molar-refractivity contribution in [2.45, 2.75) is 13.1 Å². The van der Waals surface area contributed by atoms with Crippen molar-refractivity contribution in [2.75, 3.05) is 0 Å². The van der Waals surface area contributed by atoms with Crippen LogP contribution in [-0.4, -0.2) is 14.1 Å². The summed E-state index contributed by atoms with van der Waals surface area (Å²) in [6.07, 6.45) is 1.52. The molecule has 3 heterocycles. The zero-order valence-corrected chi connectivity index (χ0v) is 12.2. The molecule has 0 spiro atoms. The van der Waals surface area contributed by atoms with Gasteiger partial charge >= 0.3 is 5.76 Å². The van der Waals surface area contributed by atoms with Gasteiger partial charge in [-0.15, -0.1) is 11.3 Å². The van der Waals surface area contributed by atoms with Crippen molar-refractivity contribution in [3.05, 3.63) is 62.9 Å². The van der Waals surface area contributed by atoms with Crippen molar-refractivity contribution >= 4 is 32.7 Å². The summed E-state index contributed by atoms with van der Waals surface area (Å²) < 4.78 is 8.86. The molecule has 0 amide bonds. The van der Waals surface area contributed by atoms with Gasteiger partial charge in [0, 0.05) is 13.1 Å². The summed E-state index contributed by atoms with van der Waals surface area (Å²) in [6.45, 7) is 0.720. The first-order valence-corrected chi connectivity index (χ1v) is 7.63. The van der Waals surface area contributed by atoms with Crippen molar-refractivity contribution in [3.63, 3.8) is 0 Å². The first-order valence-electron chi connectivity index (χ1n) is 6.75. The number of rotatable bonds is 3. The van der Waals surface area contributed by atoms with Crippen molar-refractivity contribution in [1.29, 1.82) is 0 Å². The second-order valence-corrected chi connectivity index (χ2v) is 5.78. The van der Waals surface area contributed by atoms with E-state index in [2.05, 4.69) is 4.98 Å². The number of thiophene rings is 1. The maximum atomic E-state index is 12.3. The Kier molecular flexibility index (Phi) is 2.93. The molecule has 0 atom stereocenters. The summed E-state index contributed by atoms with van der Waals surface area (Å²) >= 11 is 1.37. The van der Waals surface area contributed by atoms with Gasteiger partial charge in [0.1, 0.15) is 4.70 Å². The first kappa shape index (κ1) is 13.0. The molecule has 0 fully saturated rings. The maximum Gasteiger partial charge on any atom is 0.420 e. The highest BCUT2D eigenvalue weighted by Gasteiger charge is 2.10. The molecule has 0 unspecified atom stereocenters. The van der Waals surface area contributed by atoms with Gasteiger partial charge in [0.25, 0.3) is 5.56 Å². The number of hydrogen-bond acceptors (Lipinski definition) is 5. The highest BCUT2D eigenvalue weighted by molar-refractivity contribution is 7.17. The Bertz CT molecular complexity index is 1090. The average molecular weight is 313 g/mol. The molecule has 0 N–H and O–H groups in total. The van der Waals surface area contributed by atoms with Crippen LogP contribution in [0.1, 0.15) is 0 Å². The fourth-order valence-electron chi connectivity index (χ4n) is 2.47. The number of fused-ring (bicyclic) bond motifs is 2. The lowest BCUT2D eigenvalue weighted by molar-refractivity contribution is 0.480. The van der Waals surface area contributed by atoms with Crippen LogP contribution in [0.15, 0.2) is 56.0 Å². The van der Waals surface area contributed by atoms with E-state index in [0.29, 0.717) is 28.9 Å². The van der Waals surface area contributed by atoms with Gasteiger partial charge in [-0.25, -0.2) is 9.78 Å². The molecule has 1 aromatic carbocycles. The Labute approximate surface area is 127 Å². The Hall–Kier alpha value is -2.67. The second kappa shape index (κ2) is 4.96. The molecule has 7 heteroatoms. The summed E-state index contributed by atoms with van der Waals surface area (Å²) in [7, 11) is 0. The SMILES string of the molecule is O=c1c2sccc2ncn1CCn1c(=O)oc2ccccc21. The Morgan fingerprint density at radius 3 is 2.91 bits per heavy atom. The van der Waals surface area contributed by atoms with Crippen LogP contribution in [0.3, 0.4) is 0 Å². The minimum absolute atomic E-state index is 0.0825. The summed E-state index contributed by atoms with van der Waals surface area (Å²) in [5, 5.41) is 1.84. The monoisotopic (exact) mass is 313 g/mol. The topological polar surface area (TPSA) is 70.0 Å². The standard InChI is InChI=1S/C15H11N3O3S/c19-14-13-10(5-8-22-13)16-9-17(14)6-7-18-11-3-1-2-4-12(11)21-15(18)20/h1-5,8-9H,6-7H2. The number of aryl methyl sites for hydroxylation is 2. The molecule has 0 bridgehead atoms. The molecule has 0 aliphatic rings. The predicted octanol–water partition coefficient (Wildman–Crippen LogP) is 2.07. The van der Waals surface area contributed by atoms with Crippen LogP contribution in [-0.2, 0) is 13.1 Å². The van der Waals surface area contributed by atoms with E-state index in [1.807, 2.05) is 29.6 Å². The van der Waals surface area contributed by atoms with Gasteiger partial charge < -0.3 is 4.42 Å². The number of benzene rings is 1. The van der Waals surface area contributed by atoms with E-state index in [-0.39, 0.29) is 5.56 Å². The summed E-state index contributed by atoms with van der Waals surface area (Å²) in [4.78, 5) is 28.5. The van der Waals surface area contributed by atoms with Crippen LogP contribution in [0.2, 0.25) is 0 Å². The van der Waals surface area contributed by atoms with E-state index in [4.69, 9.17) is 4.42 Å². The summed E-state index contributed by atoms with van der Waals surface area (Å²) in [5.41, 5.74) is 1.90. The fraction of sp³-hybridized carbons (Fsp3) is 0.133. The fourth-order valence-corrected chi connectivity index (χ4v) is 3.26. The van der Waals surface area contributed by atoms with Crippen molar-refractivity contribution in [2.24, 2.45) is 0 Å². The number of hydrogen-bond donors (Lipinski definition) is 0. The molecule has 4 aromatic rings. The lowest BCUT2D eigenvalue weighted by Crippen LogP contribution is -2.24. The quantitative estimate of drug-likeness (QED) is 0.580. The van der Waals surface area contributed by atoms with Gasteiger partial charge in [-0.3, -0.25) is 13.9 Å². The third-order valence-corrected chi connectivity index (χ3v) is 4.47. The molecule has 0 aliphatic heterocycles. The zero-order valence-electron chi connectivity index (χ0n) is 11.4. The molecule has 0 radical (unpaired) electrons. The average Bonchev–Trinajstić information content (AvgIpc) is 3.11. The van der Waals surface area contributed by atoms with E-state index >= 15 is 0 Å². The Balaban J connectivity index is 1.71. The minimum atomic E-state index is -0.417. The highest BCUT2D eigenvalue weighted by atomic mass is 32.1. The van der Waals surface area contributed by atoms with Gasteiger partial charge in [-0.1, -0.05) is 12.1 Å². The Morgan fingerprint density at radius 2 is 2.00 bits per heavy atom. The van der Waals surface area contributed by atoms with Crippen LogP contribution in [0.5, 0.6) is 0 Å². The number of nitrogens with zero attached hydrogens (tertiary/aromatic N) is 3. The zero-order chi connectivity index (χ0) is 15.1. The van der Waals surface area contributed by atoms with E-state index in [9.17, 15) is 9.59 Å². The van der Waals surface area contributed by atoms with Crippen LogP contribution >= 0.6 is 11.3 Å². The van der Waals surface area contributed by atoms with E-state index in [1.165, 1.54) is 26.8 Å². The molecule has 22 heavy (non-hydrogen) atoms. The normalized spacial score (nSPS) is 11.5. The van der Waals surface area contributed by atoms with Crippen LogP contribution in [0.4, 0.5) is 0 Å². The van der Waals surface area contributed by atoms with Crippen molar-refractivity contribution < 1.29 is 4.42 Å². The van der Waals surface area contributed by atoms with Crippen molar-refractivity contribution in [1.82, 2.24) is 14.1 Å². The van der Waals surface area contributed by atoms with Crippen LogP contribution in [0.25, 0.3) is 21.3 Å². The third kappa shape index (κ3) is 1.98. The Morgan fingerprint density at radius 1 is 1.14 bits per heavy atom. The van der Waals surface area contributed by atoms with Gasteiger partial charge in [0.05, 0.1) is 17.4 Å². The first-order chi connectivity index (χ1) is 10.7. The van der Waals surface area contributed by atoms with Gasteiger partial charge in [0.15, 0.2) is 5.58 Å². The van der Waals surface area contributed by atoms with Crippen LogP contribution in [0, 0.1) is 0 Å². The number of oxazole rings is 1. The van der Waals surface area contributed by atoms with Gasteiger partial charge in [-0.2, -0.15) is 0 Å². The van der Waals surface area contributed by atoms with E-state index in [0.717, 1.165) is 5.52 Å². The smallest absolute Gasteiger partial charge is 0.408 e. The van der Waals surface area contributed by atoms with E-state index < -0.39 is 5.76 Å². The third-order valence-electron chi connectivity index (χ3n) is 3.57. The number of aromatic nitrogens is 3. The van der Waals surface area contributed by atoms with Gasteiger partial charge in [0.2, 0.25) is 0 Å². The number of para-hydroxylation sites is 2. The molecule has 4 rings (SSSR count). The van der Waals surface area contributed by atoms with Crippen LogP contribution < -0.4 is 11.3 Å². The molecule has 0 saturated carbocycles. The molecular weight excluding hydrogens is 302 g/mol. The summed E-state index contributed by atoms with van der Waals surface area (Å²) in [6, 6.07) is 9.05. The second-order valence-electron chi connectivity index (χ2n) is 4.87.